The van der Waals surface area contributed by atoms with Crippen LogP contribution in [0.2, 0.25) is 5.02 Å². The average molecular weight is 220 g/mol. The maximum Gasteiger partial charge on any atom is 0.0499 e. The fourth-order valence-electron chi connectivity index (χ4n) is 1.63. The van der Waals surface area contributed by atoms with E-state index in [-0.39, 0.29) is 0 Å². The van der Waals surface area contributed by atoms with Gasteiger partial charge in [-0.15, -0.1) is 0 Å². The van der Waals surface area contributed by atoms with Crippen LogP contribution in [0, 0.1) is 0 Å². The summed E-state index contributed by atoms with van der Waals surface area (Å²) in [5, 5.41) is 1.95. The van der Waals surface area contributed by atoms with E-state index in [1.165, 1.54) is 11.1 Å². The molecule has 2 rings (SSSR count). The number of fused-ring (bicyclic) bond motifs is 1. The van der Waals surface area contributed by atoms with Crippen molar-refractivity contribution in [2.75, 3.05) is 0 Å². The van der Waals surface area contributed by atoms with Crippen molar-refractivity contribution >= 4 is 22.5 Å². The summed E-state index contributed by atoms with van der Waals surface area (Å²) >= 11 is 6.10. The summed E-state index contributed by atoms with van der Waals surface area (Å²) < 4.78 is 2.20. The third-order valence-corrected chi connectivity index (χ3v) is 2.79. The highest BCUT2D eigenvalue weighted by molar-refractivity contribution is 6.35. The number of halogens is 1. The lowest BCUT2D eigenvalue weighted by atomic mass is 10.2. The average Bonchev–Trinajstić information content (AvgIpc) is 2.59. The highest BCUT2D eigenvalue weighted by Gasteiger charge is 2.02. The molecule has 1 aromatic carbocycles. The van der Waals surface area contributed by atoms with Crippen molar-refractivity contribution in [1.82, 2.24) is 4.57 Å². The van der Waals surface area contributed by atoms with Gasteiger partial charge in [0.25, 0.3) is 0 Å². The molecule has 2 aromatic rings. The zero-order chi connectivity index (χ0) is 10.8. The van der Waals surface area contributed by atoms with Gasteiger partial charge in [-0.2, -0.15) is 0 Å². The van der Waals surface area contributed by atoms with Crippen LogP contribution in [0.1, 0.15) is 13.8 Å². The zero-order valence-electron chi connectivity index (χ0n) is 9.00. The largest absolute Gasteiger partial charge is 0.344 e. The summed E-state index contributed by atoms with van der Waals surface area (Å²) in [4.78, 5) is 0. The molecule has 1 heterocycles. The van der Waals surface area contributed by atoms with Gasteiger partial charge in [0.05, 0.1) is 0 Å². The van der Waals surface area contributed by atoms with Gasteiger partial charge >= 0.3 is 0 Å². The number of rotatable bonds is 2. The van der Waals surface area contributed by atoms with Crippen molar-refractivity contribution < 1.29 is 0 Å². The van der Waals surface area contributed by atoms with Crippen molar-refractivity contribution in [3.05, 3.63) is 47.1 Å². The second-order valence-electron chi connectivity index (χ2n) is 3.92. The molecule has 0 spiro atoms. The molecule has 78 valence electrons. The number of nitrogens with zero attached hydrogens (tertiary/aromatic N) is 1. The van der Waals surface area contributed by atoms with Gasteiger partial charge in [0.2, 0.25) is 0 Å². The number of hydrogen-bond donors (Lipinski definition) is 0. The molecule has 15 heavy (non-hydrogen) atoms. The molecular weight excluding hydrogens is 206 g/mol. The molecule has 0 fully saturated rings. The maximum absolute atomic E-state index is 6.10. The third kappa shape index (κ3) is 2.07. The zero-order valence-corrected chi connectivity index (χ0v) is 9.75. The molecule has 0 amide bonds. The second-order valence-corrected chi connectivity index (χ2v) is 4.33. The number of benzene rings is 1. The summed E-state index contributed by atoms with van der Waals surface area (Å²) in [6, 6.07) is 8.08. The molecule has 0 saturated carbocycles. The fourth-order valence-corrected chi connectivity index (χ4v) is 1.86. The van der Waals surface area contributed by atoms with E-state index in [0.29, 0.717) is 0 Å². The lowest BCUT2D eigenvalue weighted by molar-refractivity contribution is 0.856. The van der Waals surface area contributed by atoms with Crippen molar-refractivity contribution in [3.63, 3.8) is 0 Å². The van der Waals surface area contributed by atoms with Crippen molar-refractivity contribution in [2.24, 2.45) is 0 Å². The second kappa shape index (κ2) is 4.11. The molecule has 0 atom stereocenters. The molecule has 0 N–H and O–H groups in total. The quantitative estimate of drug-likeness (QED) is 0.665. The van der Waals surface area contributed by atoms with Crippen LogP contribution in [0.3, 0.4) is 0 Å². The Kier molecular flexibility index (Phi) is 2.83. The first kappa shape index (κ1) is 10.3. The van der Waals surface area contributed by atoms with Gasteiger partial charge in [-0.25, -0.2) is 0 Å². The van der Waals surface area contributed by atoms with E-state index in [0.717, 1.165) is 17.0 Å². The van der Waals surface area contributed by atoms with Crippen LogP contribution >= 0.6 is 11.6 Å². The lowest BCUT2D eigenvalue weighted by Crippen LogP contribution is -1.92. The smallest absolute Gasteiger partial charge is 0.0499 e. The van der Waals surface area contributed by atoms with Crippen LogP contribution in [0.5, 0.6) is 0 Å². The van der Waals surface area contributed by atoms with E-state index in [2.05, 4.69) is 42.8 Å². The number of hydrogen-bond acceptors (Lipinski definition) is 0. The Morgan fingerprint density at radius 3 is 2.87 bits per heavy atom. The molecular formula is C13H14ClN. The standard InChI is InChI=1S/C13H14ClN/c1-10(2)6-8-15-9-7-11-12(14)4-3-5-13(11)15/h3-7,9H,8H2,1-2H3. The van der Waals surface area contributed by atoms with E-state index in [1.54, 1.807) is 0 Å². The van der Waals surface area contributed by atoms with Crippen LogP contribution in [-0.2, 0) is 6.54 Å². The lowest BCUT2D eigenvalue weighted by Gasteiger charge is -2.02. The molecule has 0 aliphatic heterocycles. The first-order valence-corrected chi connectivity index (χ1v) is 5.43. The number of allylic oxidation sites excluding steroid dienone is 2. The molecule has 0 saturated heterocycles. The Hall–Kier alpha value is -1.21. The molecule has 2 heteroatoms. The predicted octanol–water partition coefficient (Wildman–Crippen LogP) is 4.26. The summed E-state index contributed by atoms with van der Waals surface area (Å²) in [7, 11) is 0. The van der Waals surface area contributed by atoms with E-state index < -0.39 is 0 Å². The topological polar surface area (TPSA) is 4.93 Å². The van der Waals surface area contributed by atoms with E-state index in [1.807, 2.05) is 12.1 Å². The SMILES string of the molecule is CC(C)=CCn1ccc2c(Cl)cccc21. The Bertz CT molecular complexity index is 504. The van der Waals surface area contributed by atoms with Crippen LogP contribution in [0.15, 0.2) is 42.1 Å². The van der Waals surface area contributed by atoms with Crippen LogP contribution in [0.4, 0.5) is 0 Å². The minimum atomic E-state index is 0.823. The monoisotopic (exact) mass is 219 g/mol. The molecule has 0 bridgehead atoms. The summed E-state index contributed by atoms with van der Waals surface area (Å²) in [5.41, 5.74) is 2.53. The maximum atomic E-state index is 6.10. The molecule has 0 aliphatic carbocycles. The number of aromatic nitrogens is 1. The van der Waals surface area contributed by atoms with E-state index in [9.17, 15) is 0 Å². The van der Waals surface area contributed by atoms with E-state index >= 15 is 0 Å². The normalized spacial score (nSPS) is 10.6. The van der Waals surface area contributed by atoms with Gasteiger partial charge in [0.15, 0.2) is 0 Å². The minimum Gasteiger partial charge on any atom is -0.344 e. The highest BCUT2D eigenvalue weighted by Crippen LogP contribution is 2.24. The van der Waals surface area contributed by atoms with Crippen molar-refractivity contribution in [2.45, 2.75) is 20.4 Å². The van der Waals surface area contributed by atoms with Crippen molar-refractivity contribution in [3.8, 4) is 0 Å². The molecule has 0 aliphatic rings. The molecule has 0 unspecified atom stereocenters. The fraction of sp³-hybridized carbons (Fsp3) is 0.231. The molecule has 1 aromatic heterocycles. The minimum absolute atomic E-state index is 0.823. The predicted molar refractivity (Wildman–Crippen MR) is 66.4 cm³/mol. The van der Waals surface area contributed by atoms with Crippen LogP contribution < -0.4 is 0 Å². The first-order chi connectivity index (χ1) is 7.18. The van der Waals surface area contributed by atoms with Gasteiger partial charge in [0, 0.05) is 28.7 Å². The van der Waals surface area contributed by atoms with Gasteiger partial charge < -0.3 is 4.57 Å². The first-order valence-electron chi connectivity index (χ1n) is 5.05. The summed E-state index contributed by atoms with van der Waals surface area (Å²) in [5.74, 6) is 0. The van der Waals surface area contributed by atoms with Gasteiger partial charge in [-0.1, -0.05) is 29.3 Å². The van der Waals surface area contributed by atoms with Crippen LogP contribution in [0.25, 0.3) is 10.9 Å². The Balaban J connectivity index is 2.45. The third-order valence-electron chi connectivity index (χ3n) is 2.46. The van der Waals surface area contributed by atoms with Gasteiger partial charge in [-0.05, 0) is 32.0 Å². The summed E-state index contributed by atoms with van der Waals surface area (Å²) in [6.45, 7) is 5.13. The Labute approximate surface area is 95.0 Å². The van der Waals surface area contributed by atoms with Crippen molar-refractivity contribution in [1.29, 1.82) is 0 Å². The molecule has 1 nitrogen and oxygen atoms in total. The summed E-state index contributed by atoms with van der Waals surface area (Å²) in [6.07, 6.45) is 4.29. The van der Waals surface area contributed by atoms with Gasteiger partial charge in [0.1, 0.15) is 0 Å². The highest BCUT2D eigenvalue weighted by atomic mass is 35.5. The Morgan fingerprint density at radius 2 is 2.13 bits per heavy atom. The molecule has 0 radical (unpaired) electrons. The van der Waals surface area contributed by atoms with E-state index in [4.69, 9.17) is 11.6 Å². The van der Waals surface area contributed by atoms with Gasteiger partial charge in [-0.3, -0.25) is 0 Å². The van der Waals surface area contributed by atoms with Crippen LogP contribution in [-0.4, -0.2) is 4.57 Å². The Morgan fingerprint density at radius 1 is 1.33 bits per heavy atom.